The highest BCUT2D eigenvalue weighted by atomic mass is 14.7. The van der Waals surface area contributed by atoms with Gasteiger partial charge in [0.25, 0.3) is 0 Å². The van der Waals surface area contributed by atoms with E-state index in [-0.39, 0.29) is 0 Å². The van der Waals surface area contributed by atoms with Crippen LogP contribution in [-0.2, 0) is 0 Å². The highest BCUT2D eigenvalue weighted by molar-refractivity contribution is 6.06. The van der Waals surface area contributed by atoms with Crippen LogP contribution in [0.15, 0.2) is 110 Å². The van der Waals surface area contributed by atoms with E-state index in [0.717, 1.165) is 6.42 Å². The summed E-state index contributed by atoms with van der Waals surface area (Å²) in [6.07, 6.45) is 2.96. The third-order valence-electron chi connectivity index (χ3n) is 5.28. The van der Waals surface area contributed by atoms with Crippen molar-refractivity contribution in [2.75, 3.05) is 0 Å². The van der Waals surface area contributed by atoms with Gasteiger partial charge in [0.15, 0.2) is 0 Å². The molecular formula is C32H37N. The van der Waals surface area contributed by atoms with Crippen LogP contribution in [0.5, 0.6) is 0 Å². The molecule has 0 saturated carbocycles. The van der Waals surface area contributed by atoms with Gasteiger partial charge in [-0.05, 0) is 54.7 Å². The minimum Gasteiger partial charge on any atom is -0.355 e. The molecule has 0 amide bonds. The van der Waals surface area contributed by atoms with Crippen LogP contribution in [-0.4, -0.2) is 4.98 Å². The van der Waals surface area contributed by atoms with Crippen LogP contribution in [0.1, 0.15) is 38.3 Å². The molecule has 0 fully saturated rings. The highest BCUT2D eigenvalue weighted by Crippen LogP contribution is 2.26. The van der Waals surface area contributed by atoms with Crippen LogP contribution < -0.4 is 0 Å². The molecular weight excluding hydrogens is 398 g/mol. The molecule has 0 unspecified atom stereocenters. The Morgan fingerprint density at radius 3 is 1.30 bits per heavy atom. The van der Waals surface area contributed by atoms with Crippen molar-refractivity contribution >= 4 is 21.8 Å². The molecule has 0 bridgehead atoms. The van der Waals surface area contributed by atoms with Crippen LogP contribution in [0.4, 0.5) is 0 Å². The summed E-state index contributed by atoms with van der Waals surface area (Å²) >= 11 is 0. The van der Waals surface area contributed by atoms with Gasteiger partial charge in [-0.25, -0.2) is 0 Å². The van der Waals surface area contributed by atoms with Gasteiger partial charge < -0.3 is 4.98 Å². The zero-order valence-electron chi connectivity index (χ0n) is 20.7. The summed E-state index contributed by atoms with van der Waals surface area (Å²) in [5.74, 6) is 0. The molecule has 5 rings (SSSR count). The summed E-state index contributed by atoms with van der Waals surface area (Å²) in [6, 6.07) is 33.8. The Kier molecular flexibility index (Phi) is 10.7. The molecule has 0 saturated heterocycles. The lowest BCUT2D eigenvalue weighted by molar-refractivity contribution is 1.23. The van der Waals surface area contributed by atoms with Crippen molar-refractivity contribution in [3.05, 3.63) is 121 Å². The number of allylic oxidation sites excluding steroid dienone is 1. The molecule has 0 spiro atoms. The number of H-pyrrole nitrogens is 1. The van der Waals surface area contributed by atoms with Crippen molar-refractivity contribution in [1.29, 1.82) is 0 Å². The lowest BCUT2D eigenvalue weighted by Crippen LogP contribution is -1.85. The first kappa shape index (κ1) is 25.7. The Hall–Kier alpha value is -3.58. The fourth-order valence-corrected chi connectivity index (χ4v) is 3.55. The monoisotopic (exact) mass is 435 g/mol. The van der Waals surface area contributed by atoms with Crippen molar-refractivity contribution in [3.63, 3.8) is 0 Å². The zero-order valence-corrected chi connectivity index (χ0v) is 20.7. The molecule has 0 atom stereocenters. The number of nitrogens with one attached hydrogen (secondary N) is 1. The Morgan fingerprint density at radius 2 is 0.939 bits per heavy atom. The predicted molar refractivity (Wildman–Crippen MR) is 149 cm³/mol. The molecule has 0 aliphatic carbocycles. The Morgan fingerprint density at radius 1 is 0.606 bits per heavy atom. The van der Waals surface area contributed by atoms with Crippen molar-refractivity contribution < 1.29 is 0 Å². The maximum Gasteiger partial charge on any atom is 0.0464 e. The second-order valence-electron chi connectivity index (χ2n) is 7.54. The van der Waals surface area contributed by atoms with Crippen molar-refractivity contribution in [2.24, 2.45) is 0 Å². The molecule has 4 aromatic carbocycles. The van der Waals surface area contributed by atoms with E-state index in [1.54, 1.807) is 0 Å². The topological polar surface area (TPSA) is 15.8 Å². The first-order valence-electron chi connectivity index (χ1n) is 11.8. The van der Waals surface area contributed by atoms with Crippen molar-refractivity contribution in [1.82, 2.24) is 4.98 Å². The Bertz CT molecular complexity index is 1170. The van der Waals surface area contributed by atoms with Gasteiger partial charge in [0.2, 0.25) is 0 Å². The van der Waals surface area contributed by atoms with E-state index < -0.39 is 0 Å². The van der Waals surface area contributed by atoms with Gasteiger partial charge in [-0.1, -0.05) is 112 Å². The summed E-state index contributed by atoms with van der Waals surface area (Å²) in [6.45, 7) is 13.9. The summed E-state index contributed by atoms with van der Waals surface area (Å²) in [5.41, 5.74) is 7.77. The van der Waals surface area contributed by atoms with Crippen LogP contribution in [0.3, 0.4) is 0 Å². The molecule has 170 valence electrons. The number of benzene rings is 4. The number of hydrogen-bond donors (Lipinski definition) is 1. The third-order valence-corrected chi connectivity index (χ3v) is 5.28. The molecule has 0 aliphatic rings. The van der Waals surface area contributed by atoms with Gasteiger partial charge in [-0.15, -0.1) is 6.58 Å². The molecule has 0 aliphatic heterocycles. The van der Waals surface area contributed by atoms with E-state index >= 15 is 0 Å². The minimum absolute atomic E-state index is 1.08. The van der Waals surface area contributed by atoms with Crippen LogP contribution in [0.25, 0.3) is 32.9 Å². The molecule has 33 heavy (non-hydrogen) atoms. The second-order valence-corrected chi connectivity index (χ2v) is 7.54. The molecule has 1 nitrogen and oxygen atoms in total. The SMILES string of the molecule is C=CCC.CC.Cc1ccccc1-c1ccccc1C.c1ccc2c(c1)[nH]c1ccccc12. The van der Waals surface area contributed by atoms with Crippen LogP contribution >= 0.6 is 0 Å². The van der Waals surface area contributed by atoms with E-state index in [2.05, 4.69) is 129 Å². The van der Waals surface area contributed by atoms with E-state index in [9.17, 15) is 0 Å². The summed E-state index contributed by atoms with van der Waals surface area (Å²) in [5, 5.41) is 2.61. The third kappa shape index (κ3) is 6.95. The first-order chi connectivity index (χ1) is 16.2. The number of fused-ring (bicyclic) bond motifs is 3. The van der Waals surface area contributed by atoms with Gasteiger partial charge in [0.1, 0.15) is 0 Å². The maximum atomic E-state index is 3.48. The molecule has 1 heterocycles. The van der Waals surface area contributed by atoms with Crippen molar-refractivity contribution in [3.8, 4) is 11.1 Å². The molecule has 1 N–H and O–H groups in total. The molecule has 1 aromatic heterocycles. The van der Waals surface area contributed by atoms with Crippen LogP contribution in [0, 0.1) is 13.8 Å². The number of rotatable bonds is 2. The van der Waals surface area contributed by atoms with Gasteiger partial charge in [0.05, 0.1) is 0 Å². The Balaban J connectivity index is 0.000000190. The van der Waals surface area contributed by atoms with Crippen molar-refractivity contribution in [2.45, 2.75) is 41.0 Å². The Labute approximate surface area is 199 Å². The average molecular weight is 436 g/mol. The minimum atomic E-state index is 1.08. The van der Waals surface area contributed by atoms with Gasteiger partial charge in [0, 0.05) is 21.8 Å². The predicted octanol–water partition coefficient (Wildman–Crippen LogP) is 9.90. The molecule has 5 aromatic rings. The normalized spacial score (nSPS) is 9.61. The van der Waals surface area contributed by atoms with Gasteiger partial charge >= 0.3 is 0 Å². The number of aryl methyl sites for hydroxylation is 2. The van der Waals surface area contributed by atoms with E-state index in [1.807, 2.05) is 19.9 Å². The fourth-order valence-electron chi connectivity index (χ4n) is 3.55. The molecule has 1 heteroatoms. The number of aromatic nitrogens is 1. The number of aromatic amines is 1. The summed E-state index contributed by atoms with van der Waals surface area (Å²) in [7, 11) is 0. The molecule has 0 radical (unpaired) electrons. The van der Waals surface area contributed by atoms with Gasteiger partial charge in [-0.2, -0.15) is 0 Å². The van der Waals surface area contributed by atoms with Crippen LogP contribution in [0.2, 0.25) is 0 Å². The van der Waals surface area contributed by atoms with E-state index in [1.165, 1.54) is 44.1 Å². The lowest BCUT2D eigenvalue weighted by atomic mass is 9.97. The average Bonchev–Trinajstić information content (AvgIpc) is 3.25. The summed E-state index contributed by atoms with van der Waals surface area (Å²) < 4.78 is 0. The van der Waals surface area contributed by atoms with Gasteiger partial charge in [-0.3, -0.25) is 0 Å². The number of hydrogen-bond acceptors (Lipinski definition) is 0. The number of para-hydroxylation sites is 2. The smallest absolute Gasteiger partial charge is 0.0464 e. The first-order valence-corrected chi connectivity index (χ1v) is 11.8. The van der Waals surface area contributed by atoms with E-state index in [4.69, 9.17) is 0 Å². The standard InChI is InChI=1S/C14H14.C12H9N.C4H8.C2H6/c1-11-7-3-5-9-13(11)14-10-6-4-8-12(14)2;1-3-7-11-9(5-1)10-6-2-4-8-12(10)13-11;1-3-4-2;1-2/h3-10H,1-2H3;1-8,13H;3H,1,4H2,2H3;1-2H3. The second kappa shape index (κ2) is 13.8. The van der Waals surface area contributed by atoms with E-state index in [0.29, 0.717) is 0 Å². The highest BCUT2D eigenvalue weighted by Gasteiger charge is 2.02. The largest absolute Gasteiger partial charge is 0.355 e. The fraction of sp³-hybridized carbons (Fsp3) is 0.188. The zero-order chi connectivity index (χ0) is 24.1. The summed E-state index contributed by atoms with van der Waals surface area (Å²) in [4.78, 5) is 3.38. The lowest BCUT2D eigenvalue weighted by Gasteiger charge is -2.08. The quantitative estimate of drug-likeness (QED) is 0.265. The maximum absolute atomic E-state index is 3.48.